The van der Waals surface area contributed by atoms with Crippen molar-refractivity contribution in [3.63, 3.8) is 0 Å². The van der Waals surface area contributed by atoms with Crippen LogP contribution in [0.25, 0.3) is 0 Å². The molecule has 0 amide bonds. The molecular weight excluding hydrogens is 168 g/mol. The Balaban J connectivity index is 2.23. The topological polar surface area (TPSA) is 42.5 Å². The second kappa shape index (κ2) is 4.91. The van der Waals surface area contributed by atoms with Crippen LogP contribution in [-0.4, -0.2) is 45.7 Å². The van der Waals surface area contributed by atoms with E-state index in [-0.39, 0.29) is 11.8 Å². The lowest BCUT2D eigenvalue weighted by Crippen LogP contribution is -2.47. The van der Waals surface area contributed by atoms with E-state index < -0.39 is 0 Å². The summed E-state index contributed by atoms with van der Waals surface area (Å²) in [5, 5.41) is 6.78. The molecule has 0 aromatic carbocycles. The molecule has 2 N–H and O–H groups in total. The van der Waals surface area contributed by atoms with Crippen LogP contribution in [0.4, 0.5) is 0 Å². The van der Waals surface area contributed by atoms with E-state index >= 15 is 0 Å². The Bertz CT molecular complexity index is 143. The SMILES string of the molecule is COC(CNC1(C)CCNC1)OC. The number of hydrogen-bond donors (Lipinski definition) is 2. The molecule has 1 atom stereocenters. The number of methoxy groups -OCH3 is 2. The van der Waals surface area contributed by atoms with Crippen molar-refractivity contribution in [2.45, 2.75) is 25.2 Å². The van der Waals surface area contributed by atoms with Gasteiger partial charge in [-0.05, 0) is 19.9 Å². The van der Waals surface area contributed by atoms with Crippen LogP contribution in [-0.2, 0) is 9.47 Å². The lowest BCUT2D eigenvalue weighted by atomic mass is 10.0. The first-order valence-corrected chi connectivity index (χ1v) is 4.71. The third-order valence-electron chi connectivity index (χ3n) is 2.59. The van der Waals surface area contributed by atoms with Crippen molar-refractivity contribution in [2.24, 2.45) is 0 Å². The van der Waals surface area contributed by atoms with Crippen molar-refractivity contribution in [2.75, 3.05) is 33.9 Å². The Morgan fingerprint density at radius 1 is 1.46 bits per heavy atom. The summed E-state index contributed by atoms with van der Waals surface area (Å²) < 4.78 is 10.2. The van der Waals surface area contributed by atoms with Gasteiger partial charge in [0.2, 0.25) is 0 Å². The van der Waals surface area contributed by atoms with Gasteiger partial charge >= 0.3 is 0 Å². The summed E-state index contributed by atoms with van der Waals surface area (Å²) in [5.41, 5.74) is 0.204. The number of nitrogens with one attached hydrogen (secondary N) is 2. The summed E-state index contributed by atoms with van der Waals surface area (Å²) >= 11 is 0. The molecule has 1 unspecified atom stereocenters. The second-order valence-electron chi connectivity index (χ2n) is 3.77. The molecule has 0 saturated carbocycles. The van der Waals surface area contributed by atoms with Gasteiger partial charge in [0.1, 0.15) is 0 Å². The predicted octanol–water partition coefficient (Wildman–Crippen LogP) is -0.0531. The van der Waals surface area contributed by atoms with Crippen LogP contribution in [0.3, 0.4) is 0 Å². The highest BCUT2D eigenvalue weighted by molar-refractivity contribution is 4.91. The van der Waals surface area contributed by atoms with Crippen molar-refractivity contribution >= 4 is 0 Å². The van der Waals surface area contributed by atoms with Gasteiger partial charge in [-0.1, -0.05) is 0 Å². The monoisotopic (exact) mass is 188 g/mol. The van der Waals surface area contributed by atoms with Gasteiger partial charge in [0.25, 0.3) is 0 Å². The molecule has 1 rings (SSSR count). The van der Waals surface area contributed by atoms with Gasteiger partial charge in [-0.15, -0.1) is 0 Å². The van der Waals surface area contributed by atoms with Crippen LogP contribution in [0.5, 0.6) is 0 Å². The molecule has 4 heteroatoms. The van der Waals surface area contributed by atoms with Gasteiger partial charge in [0.15, 0.2) is 6.29 Å². The zero-order chi connectivity index (χ0) is 9.73. The summed E-state index contributed by atoms with van der Waals surface area (Å²) in [6.45, 7) is 5.07. The molecule has 0 aliphatic carbocycles. The molecule has 1 aliphatic heterocycles. The lowest BCUT2D eigenvalue weighted by molar-refractivity contribution is -0.101. The minimum absolute atomic E-state index is 0.141. The fourth-order valence-corrected chi connectivity index (χ4v) is 1.56. The molecule has 13 heavy (non-hydrogen) atoms. The molecule has 4 nitrogen and oxygen atoms in total. The molecule has 78 valence electrons. The first kappa shape index (κ1) is 10.9. The van der Waals surface area contributed by atoms with E-state index in [0.717, 1.165) is 26.1 Å². The maximum atomic E-state index is 5.10. The summed E-state index contributed by atoms with van der Waals surface area (Å²) in [4.78, 5) is 0. The molecule has 1 aliphatic rings. The van der Waals surface area contributed by atoms with Crippen molar-refractivity contribution in [1.29, 1.82) is 0 Å². The largest absolute Gasteiger partial charge is 0.355 e. The van der Waals surface area contributed by atoms with Crippen molar-refractivity contribution in [3.05, 3.63) is 0 Å². The van der Waals surface area contributed by atoms with Crippen LogP contribution in [0.2, 0.25) is 0 Å². The zero-order valence-corrected chi connectivity index (χ0v) is 8.72. The van der Waals surface area contributed by atoms with Gasteiger partial charge in [0, 0.05) is 32.8 Å². The van der Waals surface area contributed by atoms with Crippen LogP contribution in [0.15, 0.2) is 0 Å². The minimum atomic E-state index is -0.141. The Kier molecular flexibility index (Phi) is 4.12. The fourth-order valence-electron chi connectivity index (χ4n) is 1.56. The fraction of sp³-hybridized carbons (Fsp3) is 1.00. The highest BCUT2D eigenvalue weighted by Gasteiger charge is 2.28. The second-order valence-corrected chi connectivity index (χ2v) is 3.77. The van der Waals surface area contributed by atoms with Gasteiger partial charge in [0.05, 0.1) is 0 Å². The van der Waals surface area contributed by atoms with Gasteiger partial charge in [-0.3, -0.25) is 0 Å². The first-order valence-electron chi connectivity index (χ1n) is 4.71. The number of rotatable bonds is 5. The van der Waals surface area contributed by atoms with Gasteiger partial charge in [-0.2, -0.15) is 0 Å². The molecule has 0 bridgehead atoms. The Labute approximate surface area is 80.0 Å². The summed E-state index contributed by atoms with van der Waals surface area (Å²) in [5.74, 6) is 0. The van der Waals surface area contributed by atoms with Crippen LogP contribution in [0, 0.1) is 0 Å². The van der Waals surface area contributed by atoms with Gasteiger partial charge < -0.3 is 20.1 Å². The van der Waals surface area contributed by atoms with Crippen LogP contribution in [0.1, 0.15) is 13.3 Å². The molecule has 0 radical (unpaired) electrons. The highest BCUT2D eigenvalue weighted by atomic mass is 16.7. The Morgan fingerprint density at radius 3 is 2.62 bits per heavy atom. The van der Waals surface area contributed by atoms with E-state index in [9.17, 15) is 0 Å². The quantitative estimate of drug-likeness (QED) is 0.594. The smallest absolute Gasteiger partial charge is 0.169 e. The maximum absolute atomic E-state index is 5.10. The average Bonchev–Trinajstić information content (AvgIpc) is 2.55. The number of ether oxygens (including phenoxy) is 2. The van der Waals surface area contributed by atoms with E-state index in [1.807, 2.05) is 0 Å². The van der Waals surface area contributed by atoms with Crippen molar-refractivity contribution < 1.29 is 9.47 Å². The Morgan fingerprint density at radius 2 is 2.15 bits per heavy atom. The van der Waals surface area contributed by atoms with Gasteiger partial charge in [-0.25, -0.2) is 0 Å². The summed E-state index contributed by atoms with van der Waals surface area (Å²) in [6, 6.07) is 0. The predicted molar refractivity (Wildman–Crippen MR) is 51.7 cm³/mol. The zero-order valence-electron chi connectivity index (χ0n) is 8.72. The molecule has 0 spiro atoms. The highest BCUT2D eigenvalue weighted by Crippen LogP contribution is 2.12. The molecule has 1 saturated heterocycles. The minimum Gasteiger partial charge on any atom is -0.355 e. The van der Waals surface area contributed by atoms with Crippen LogP contribution >= 0.6 is 0 Å². The van der Waals surface area contributed by atoms with E-state index in [1.165, 1.54) is 0 Å². The van der Waals surface area contributed by atoms with E-state index in [4.69, 9.17) is 9.47 Å². The van der Waals surface area contributed by atoms with E-state index in [2.05, 4.69) is 17.6 Å². The molecular formula is C9H20N2O2. The van der Waals surface area contributed by atoms with Crippen LogP contribution < -0.4 is 10.6 Å². The third kappa shape index (κ3) is 3.23. The van der Waals surface area contributed by atoms with Crippen molar-refractivity contribution in [1.82, 2.24) is 10.6 Å². The molecule has 1 heterocycles. The molecule has 0 aromatic heterocycles. The molecule has 1 fully saturated rings. The maximum Gasteiger partial charge on any atom is 0.169 e. The third-order valence-corrected chi connectivity index (χ3v) is 2.59. The normalized spacial score (nSPS) is 28.6. The summed E-state index contributed by atoms with van der Waals surface area (Å²) in [7, 11) is 3.32. The summed E-state index contributed by atoms with van der Waals surface area (Å²) in [6.07, 6.45) is 1.02. The lowest BCUT2D eigenvalue weighted by Gasteiger charge is -2.26. The van der Waals surface area contributed by atoms with E-state index in [0.29, 0.717) is 0 Å². The standard InChI is InChI=1S/C9H20N2O2/c1-9(4-5-10-7-9)11-6-8(12-2)13-3/h8,10-11H,4-7H2,1-3H3. The number of hydrogen-bond acceptors (Lipinski definition) is 4. The Hall–Kier alpha value is -0.160. The first-order chi connectivity index (χ1) is 6.20. The van der Waals surface area contributed by atoms with E-state index in [1.54, 1.807) is 14.2 Å². The molecule has 0 aromatic rings. The van der Waals surface area contributed by atoms with Crippen molar-refractivity contribution in [3.8, 4) is 0 Å². The average molecular weight is 188 g/mol.